The Morgan fingerprint density at radius 3 is 2.77 bits per heavy atom. The van der Waals surface area contributed by atoms with Crippen LogP contribution in [-0.4, -0.2) is 89.4 Å². The van der Waals surface area contributed by atoms with Crippen molar-refractivity contribution in [3.05, 3.63) is 11.3 Å². The van der Waals surface area contributed by atoms with E-state index in [2.05, 4.69) is 35.2 Å². The first-order chi connectivity index (χ1) is 16.6. The van der Waals surface area contributed by atoms with Crippen LogP contribution in [0, 0.1) is 11.3 Å². The monoisotopic (exact) mass is 485 g/mol. The number of anilines is 1. The van der Waals surface area contributed by atoms with Crippen LogP contribution < -0.4 is 15.0 Å². The van der Waals surface area contributed by atoms with Gasteiger partial charge in [0.25, 0.3) is 0 Å². The van der Waals surface area contributed by atoms with Crippen molar-refractivity contribution in [2.45, 2.75) is 77.1 Å². The Morgan fingerprint density at radius 2 is 2.09 bits per heavy atom. The van der Waals surface area contributed by atoms with Crippen molar-refractivity contribution in [1.82, 2.24) is 25.1 Å². The molecule has 0 saturated carbocycles. The van der Waals surface area contributed by atoms with Crippen molar-refractivity contribution in [3.63, 3.8) is 0 Å². The average molecular weight is 486 g/mol. The predicted octanol–water partition coefficient (Wildman–Crippen LogP) is 2.32. The minimum Gasteiger partial charge on any atom is -0.461 e. The highest BCUT2D eigenvalue weighted by Gasteiger charge is 2.37. The lowest BCUT2D eigenvalue weighted by Crippen LogP contribution is -2.56. The number of aromatic nitrogens is 2. The highest BCUT2D eigenvalue weighted by atomic mass is 16.6. The summed E-state index contributed by atoms with van der Waals surface area (Å²) >= 11 is 0. The molecule has 0 aliphatic carbocycles. The van der Waals surface area contributed by atoms with Crippen LogP contribution in [0.25, 0.3) is 0 Å². The van der Waals surface area contributed by atoms with Crippen LogP contribution in [-0.2, 0) is 17.7 Å². The van der Waals surface area contributed by atoms with E-state index >= 15 is 0 Å². The molecule has 0 bridgehead atoms. The number of likely N-dealkylation sites (tertiary alicyclic amines) is 1. The first-order valence-corrected chi connectivity index (χ1v) is 12.7. The second-order valence-electron chi connectivity index (χ2n) is 11.1. The molecule has 1 unspecified atom stereocenters. The van der Waals surface area contributed by atoms with Gasteiger partial charge in [-0.25, -0.2) is 4.79 Å². The minimum atomic E-state index is -0.583. The zero-order valence-corrected chi connectivity index (χ0v) is 21.8. The van der Waals surface area contributed by atoms with Gasteiger partial charge in [0.2, 0.25) is 0 Å². The third kappa shape index (κ3) is 5.78. The lowest BCUT2D eigenvalue weighted by Gasteiger charge is -2.42. The van der Waals surface area contributed by atoms with Crippen LogP contribution in [0.2, 0.25) is 0 Å². The molecule has 10 nitrogen and oxygen atoms in total. The largest absolute Gasteiger partial charge is 0.461 e. The summed E-state index contributed by atoms with van der Waals surface area (Å²) < 4.78 is 11.8. The van der Waals surface area contributed by atoms with Crippen molar-refractivity contribution >= 4 is 11.9 Å². The highest BCUT2D eigenvalue weighted by Crippen LogP contribution is 2.31. The van der Waals surface area contributed by atoms with Crippen molar-refractivity contribution in [3.8, 4) is 12.1 Å². The van der Waals surface area contributed by atoms with Gasteiger partial charge < -0.3 is 24.6 Å². The number of amides is 1. The van der Waals surface area contributed by atoms with Crippen LogP contribution >= 0.6 is 0 Å². The zero-order chi connectivity index (χ0) is 25.2. The molecule has 3 aliphatic rings. The van der Waals surface area contributed by atoms with Gasteiger partial charge in [0.15, 0.2) is 0 Å². The molecule has 4 rings (SSSR count). The Hall–Kier alpha value is -2.64. The van der Waals surface area contributed by atoms with Gasteiger partial charge in [-0.1, -0.05) is 0 Å². The van der Waals surface area contributed by atoms with Gasteiger partial charge in [-0.3, -0.25) is 4.90 Å². The summed E-state index contributed by atoms with van der Waals surface area (Å²) in [5, 5.41) is 12.9. The van der Waals surface area contributed by atoms with Gasteiger partial charge >= 0.3 is 12.1 Å². The SMILES string of the molecule is CN1CCCC1(C)COc1nc2c(c(N3CCN(C(=O)OC(C)(C)C)[C@@H](CC#N)C3)n1)CCNC2. The maximum Gasteiger partial charge on any atom is 0.410 e. The second-order valence-corrected chi connectivity index (χ2v) is 11.1. The number of carbonyl (C=O) groups is 1. The average Bonchev–Trinajstić information content (AvgIpc) is 3.14. The third-order valence-corrected chi connectivity index (χ3v) is 7.27. The van der Waals surface area contributed by atoms with E-state index in [1.807, 2.05) is 20.8 Å². The van der Waals surface area contributed by atoms with E-state index in [0.717, 1.165) is 43.0 Å². The summed E-state index contributed by atoms with van der Waals surface area (Å²) in [6, 6.07) is 2.37. The lowest BCUT2D eigenvalue weighted by atomic mass is 10.0. The van der Waals surface area contributed by atoms with E-state index in [9.17, 15) is 10.1 Å². The Morgan fingerprint density at radius 1 is 1.29 bits per heavy atom. The molecule has 1 aromatic rings. The molecule has 2 fully saturated rings. The zero-order valence-electron chi connectivity index (χ0n) is 21.8. The summed E-state index contributed by atoms with van der Waals surface area (Å²) in [7, 11) is 2.14. The van der Waals surface area contributed by atoms with E-state index in [1.54, 1.807) is 4.90 Å². The second kappa shape index (κ2) is 10.2. The van der Waals surface area contributed by atoms with Gasteiger partial charge in [0.1, 0.15) is 18.0 Å². The number of hydrogen-bond acceptors (Lipinski definition) is 9. The lowest BCUT2D eigenvalue weighted by molar-refractivity contribution is 0.0144. The summed E-state index contributed by atoms with van der Waals surface area (Å²) in [6.45, 7) is 12.5. The number of ether oxygens (including phenoxy) is 2. The standard InChI is InChI=1S/C25H39N7O3/c1-24(2,3)35-23(33)32-14-13-31(16-18(32)7-10-26)21-19-8-11-27-15-20(19)28-22(29-21)34-17-25(4)9-6-12-30(25)5/h18,27H,6-9,11-17H2,1-5H3/t18-,25?/m0/s1. The van der Waals surface area contributed by atoms with Gasteiger partial charge in [-0.05, 0) is 67.1 Å². The van der Waals surface area contributed by atoms with Crippen LogP contribution in [0.15, 0.2) is 0 Å². The topological polar surface area (TPSA) is 107 Å². The molecule has 1 N–H and O–H groups in total. The Balaban J connectivity index is 1.55. The predicted molar refractivity (Wildman–Crippen MR) is 132 cm³/mol. The smallest absolute Gasteiger partial charge is 0.410 e. The van der Waals surface area contributed by atoms with E-state index in [0.29, 0.717) is 38.8 Å². The van der Waals surface area contributed by atoms with Crippen molar-refractivity contribution < 1.29 is 14.3 Å². The Labute approximate surface area is 208 Å². The number of rotatable bonds is 5. The quantitative estimate of drug-likeness (QED) is 0.672. The number of piperazine rings is 1. The third-order valence-electron chi connectivity index (χ3n) is 7.27. The first-order valence-electron chi connectivity index (χ1n) is 12.7. The van der Waals surface area contributed by atoms with E-state index in [4.69, 9.17) is 19.4 Å². The summed E-state index contributed by atoms with van der Waals surface area (Å²) in [5.41, 5.74) is 1.49. The maximum absolute atomic E-state index is 12.8. The molecular weight excluding hydrogens is 446 g/mol. The number of carbonyl (C=O) groups excluding carboxylic acids is 1. The number of hydrogen-bond donors (Lipinski definition) is 1. The molecule has 35 heavy (non-hydrogen) atoms. The minimum absolute atomic E-state index is 0.0192. The van der Waals surface area contributed by atoms with Gasteiger partial charge in [-0.15, -0.1) is 0 Å². The molecule has 0 aromatic carbocycles. The van der Waals surface area contributed by atoms with E-state index in [-0.39, 0.29) is 24.1 Å². The molecular formula is C25H39N7O3. The van der Waals surface area contributed by atoms with Gasteiger partial charge in [0, 0.05) is 31.7 Å². The number of nitrogens with zero attached hydrogens (tertiary/aromatic N) is 6. The summed E-state index contributed by atoms with van der Waals surface area (Å²) in [4.78, 5) is 28.7. The van der Waals surface area contributed by atoms with Crippen LogP contribution in [0.5, 0.6) is 6.01 Å². The molecule has 192 valence electrons. The normalized spacial score (nSPS) is 25.2. The fourth-order valence-corrected chi connectivity index (χ4v) is 5.09. The van der Waals surface area contributed by atoms with Gasteiger partial charge in [0.05, 0.1) is 29.8 Å². The molecule has 0 spiro atoms. The van der Waals surface area contributed by atoms with Crippen molar-refractivity contribution in [2.75, 3.05) is 51.3 Å². The molecule has 3 aliphatic heterocycles. The van der Waals surface area contributed by atoms with Crippen LogP contribution in [0.1, 0.15) is 58.2 Å². The van der Waals surface area contributed by atoms with Gasteiger partial charge in [-0.2, -0.15) is 15.2 Å². The molecule has 10 heteroatoms. The number of fused-ring (bicyclic) bond motifs is 1. The number of nitriles is 1. The van der Waals surface area contributed by atoms with Crippen LogP contribution in [0.3, 0.4) is 0 Å². The fraction of sp³-hybridized carbons (Fsp3) is 0.760. The molecule has 1 aromatic heterocycles. The molecule has 4 heterocycles. The number of nitrogens with one attached hydrogen (secondary N) is 1. The Bertz CT molecular complexity index is 973. The molecule has 2 atom stereocenters. The molecule has 1 amide bonds. The fourth-order valence-electron chi connectivity index (χ4n) is 5.09. The van der Waals surface area contributed by atoms with E-state index < -0.39 is 5.60 Å². The first kappa shape index (κ1) is 25.5. The molecule has 0 radical (unpaired) electrons. The maximum atomic E-state index is 12.8. The molecule has 2 saturated heterocycles. The number of likely N-dealkylation sites (N-methyl/N-ethyl adjacent to an activating group) is 1. The van der Waals surface area contributed by atoms with Crippen LogP contribution in [0.4, 0.5) is 10.6 Å². The van der Waals surface area contributed by atoms with Crippen molar-refractivity contribution in [2.24, 2.45) is 0 Å². The Kier molecular flexibility index (Phi) is 7.38. The summed E-state index contributed by atoms with van der Waals surface area (Å²) in [6.07, 6.45) is 2.95. The van der Waals surface area contributed by atoms with E-state index in [1.165, 1.54) is 6.42 Å². The van der Waals surface area contributed by atoms with Crippen molar-refractivity contribution in [1.29, 1.82) is 5.26 Å². The summed E-state index contributed by atoms with van der Waals surface area (Å²) in [5.74, 6) is 0.864. The highest BCUT2D eigenvalue weighted by molar-refractivity contribution is 5.69.